The molecule has 2 saturated carbocycles. The predicted molar refractivity (Wildman–Crippen MR) is 89.0 cm³/mol. The first-order valence-corrected chi connectivity index (χ1v) is 9.89. The summed E-state index contributed by atoms with van der Waals surface area (Å²) in [6.45, 7) is 6.65. The maximum absolute atomic E-state index is 12.0. The highest BCUT2D eigenvalue weighted by Crippen LogP contribution is 2.74. The summed E-state index contributed by atoms with van der Waals surface area (Å²) in [5.74, 6) is -0.0816. The molecular formula is C20H26O6. The summed E-state index contributed by atoms with van der Waals surface area (Å²) in [7, 11) is 0. The second-order valence-corrected chi connectivity index (χ2v) is 9.75. The van der Waals surface area contributed by atoms with Crippen LogP contribution in [-0.4, -0.2) is 58.4 Å². The summed E-state index contributed by atoms with van der Waals surface area (Å²) in [4.78, 5) is 12.0. The minimum atomic E-state index is -0.715. The Labute approximate surface area is 152 Å². The lowest BCUT2D eigenvalue weighted by molar-refractivity contribution is -0.137. The Hall–Kier alpha value is -0.950. The molecule has 2 saturated heterocycles. The SMILES string of the molecule is CC(C)C12OC1C(O)C1C3(C)CCC4=C(COC4=O)C3CC3OC31C2O. The van der Waals surface area contributed by atoms with Crippen molar-refractivity contribution in [2.45, 2.75) is 75.7 Å². The lowest BCUT2D eigenvalue weighted by Gasteiger charge is -2.56. The molecule has 1 spiro atoms. The Balaban J connectivity index is 1.46. The minimum absolute atomic E-state index is 0.0847. The van der Waals surface area contributed by atoms with E-state index in [0.717, 1.165) is 24.0 Å². The first-order valence-electron chi connectivity index (χ1n) is 9.89. The number of carbonyl (C=O) groups excluding carboxylic acids is 1. The lowest BCUT2D eigenvalue weighted by Crippen LogP contribution is -2.67. The number of aliphatic hydroxyl groups excluding tert-OH is 2. The van der Waals surface area contributed by atoms with Gasteiger partial charge in [-0.2, -0.15) is 0 Å². The zero-order valence-electron chi connectivity index (χ0n) is 15.4. The molecule has 6 aliphatic rings. The number of hydrogen-bond acceptors (Lipinski definition) is 6. The summed E-state index contributed by atoms with van der Waals surface area (Å²) in [5.41, 5.74) is 0.329. The number of ether oxygens (including phenoxy) is 3. The van der Waals surface area contributed by atoms with Crippen molar-refractivity contribution < 1.29 is 29.2 Å². The van der Waals surface area contributed by atoms with Crippen LogP contribution in [0.4, 0.5) is 0 Å². The Kier molecular flexibility index (Phi) is 2.70. The highest BCUT2D eigenvalue weighted by atomic mass is 16.7. The minimum Gasteiger partial charge on any atom is -0.458 e. The molecule has 0 radical (unpaired) electrons. The Morgan fingerprint density at radius 3 is 2.73 bits per heavy atom. The van der Waals surface area contributed by atoms with Gasteiger partial charge in [-0.25, -0.2) is 4.79 Å². The van der Waals surface area contributed by atoms with E-state index < -0.39 is 23.4 Å². The largest absolute Gasteiger partial charge is 0.458 e. The van der Waals surface area contributed by atoms with Crippen LogP contribution in [0, 0.1) is 23.2 Å². The van der Waals surface area contributed by atoms with Crippen molar-refractivity contribution in [1.29, 1.82) is 0 Å². The van der Waals surface area contributed by atoms with Crippen molar-refractivity contribution >= 4 is 5.97 Å². The van der Waals surface area contributed by atoms with Gasteiger partial charge in [0, 0.05) is 11.5 Å². The van der Waals surface area contributed by atoms with Gasteiger partial charge < -0.3 is 24.4 Å². The highest BCUT2D eigenvalue weighted by Gasteiger charge is 2.87. The number of cyclic esters (lactones) is 1. The van der Waals surface area contributed by atoms with Crippen LogP contribution in [0.1, 0.15) is 40.0 Å². The molecule has 0 amide bonds. The van der Waals surface area contributed by atoms with E-state index in [1.807, 2.05) is 13.8 Å². The molecule has 9 atom stereocenters. The summed E-state index contributed by atoms with van der Waals surface area (Å²) in [5, 5.41) is 22.6. The van der Waals surface area contributed by atoms with E-state index >= 15 is 0 Å². The van der Waals surface area contributed by atoms with E-state index in [4.69, 9.17) is 14.2 Å². The lowest BCUT2D eigenvalue weighted by atomic mass is 9.46. The Morgan fingerprint density at radius 2 is 2.00 bits per heavy atom. The van der Waals surface area contributed by atoms with E-state index in [1.54, 1.807) is 0 Å². The number of rotatable bonds is 1. The van der Waals surface area contributed by atoms with E-state index in [0.29, 0.717) is 13.0 Å². The quantitative estimate of drug-likeness (QED) is 0.533. The van der Waals surface area contributed by atoms with Crippen molar-refractivity contribution in [3.8, 4) is 0 Å². The molecule has 142 valence electrons. The first-order chi connectivity index (χ1) is 12.3. The van der Waals surface area contributed by atoms with Gasteiger partial charge in [-0.1, -0.05) is 20.8 Å². The molecular weight excluding hydrogens is 336 g/mol. The zero-order valence-corrected chi connectivity index (χ0v) is 15.4. The van der Waals surface area contributed by atoms with Gasteiger partial charge in [0.25, 0.3) is 0 Å². The molecule has 9 unspecified atom stereocenters. The fraction of sp³-hybridized carbons (Fsp3) is 0.850. The molecule has 0 aromatic heterocycles. The maximum Gasteiger partial charge on any atom is 0.334 e. The van der Waals surface area contributed by atoms with Gasteiger partial charge in [0.05, 0.1) is 12.2 Å². The third-order valence-corrected chi connectivity index (χ3v) is 8.69. The van der Waals surface area contributed by atoms with Crippen molar-refractivity contribution in [3.63, 3.8) is 0 Å². The van der Waals surface area contributed by atoms with Crippen LogP contribution >= 0.6 is 0 Å². The summed E-state index contributed by atoms with van der Waals surface area (Å²) < 4.78 is 17.5. The second-order valence-electron chi connectivity index (χ2n) is 9.75. The van der Waals surface area contributed by atoms with Crippen LogP contribution in [-0.2, 0) is 19.0 Å². The summed E-state index contributed by atoms with van der Waals surface area (Å²) >= 11 is 0. The molecule has 0 aromatic carbocycles. The molecule has 3 aliphatic carbocycles. The van der Waals surface area contributed by atoms with Crippen LogP contribution in [0.15, 0.2) is 11.1 Å². The number of fused-ring (bicyclic) bond motifs is 4. The monoisotopic (exact) mass is 362 g/mol. The van der Waals surface area contributed by atoms with Gasteiger partial charge in [-0.05, 0) is 42.1 Å². The molecule has 6 nitrogen and oxygen atoms in total. The molecule has 4 fully saturated rings. The second kappa shape index (κ2) is 4.37. The van der Waals surface area contributed by atoms with Gasteiger partial charge in [0.2, 0.25) is 0 Å². The smallest absolute Gasteiger partial charge is 0.334 e. The van der Waals surface area contributed by atoms with Crippen molar-refractivity contribution in [2.75, 3.05) is 6.61 Å². The van der Waals surface area contributed by atoms with Crippen molar-refractivity contribution in [3.05, 3.63) is 11.1 Å². The Morgan fingerprint density at radius 1 is 1.23 bits per heavy atom. The van der Waals surface area contributed by atoms with Gasteiger partial charge in [0.1, 0.15) is 30.0 Å². The topological polar surface area (TPSA) is 91.8 Å². The van der Waals surface area contributed by atoms with Crippen molar-refractivity contribution in [1.82, 2.24) is 0 Å². The third kappa shape index (κ3) is 1.45. The molecule has 3 heterocycles. The molecule has 26 heavy (non-hydrogen) atoms. The van der Waals surface area contributed by atoms with E-state index in [2.05, 4.69) is 6.92 Å². The van der Waals surface area contributed by atoms with Crippen LogP contribution in [0.2, 0.25) is 0 Å². The van der Waals surface area contributed by atoms with E-state index in [1.165, 1.54) is 0 Å². The molecule has 2 N–H and O–H groups in total. The van der Waals surface area contributed by atoms with Crippen LogP contribution in [0.5, 0.6) is 0 Å². The maximum atomic E-state index is 12.0. The molecule has 0 bridgehead atoms. The van der Waals surface area contributed by atoms with Gasteiger partial charge >= 0.3 is 5.97 Å². The third-order valence-electron chi connectivity index (χ3n) is 8.69. The molecule has 3 aliphatic heterocycles. The molecule has 6 heteroatoms. The fourth-order valence-electron chi connectivity index (χ4n) is 7.34. The number of esters is 1. The summed E-state index contributed by atoms with van der Waals surface area (Å²) in [6, 6.07) is 0. The number of aliphatic hydroxyl groups is 2. The molecule has 0 aromatic rings. The average molecular weight is 362 g/mol. The first kappa shape index (κ1) is 16.0. The van der Waals surface area contributed by atoms with Crippen LogP contribution in [0.3, 0.4) is 0 Å². The Bertz CT molecular complexity index is 759. The molecule has 6 rings (SSSR count). The standard InChI is InChI=1S/C20H26O6/c1-8(2)19-15(26-19)13(21)14-18(3)5-4-9-10(7-24-16(9)22)11(18)6-12-20(14,25-12)17(19)23/h8,11-15,17,21,23H,4-7H2,1-3H3. The summed E-state index contributed by atoms with van der Waals surface area (Å²) in [6.07, 6.45) is 0.489. The average Bonchev–Trinajstić information content (AvgIpc) is 3.46. The van der Waals surface area contributed by atoms with E-state index in [-0.39, 0.29) is 41.3 Å². The van der Waals surface area contributed by atoms with E-state index in [9.17, 15) is 15.0 Å². The van der Waals surface area contributed by atoms with Crippen molar-refractivity contribution in [2.24, 2.45) is 23.2 Å². The highest BCUT2D eigenvalue weighted by molar-refractivity contribution is 5.92. The van der Waals surface area contributed by atoms with Gasteiger partial charge in [-0.15, -0.1) is 0 Å². The number of carbonyl (C=O) groups is 1. The van der Waals surface area contributed by atoms with Gasteiger partial charge in [-0.3, -0.25) is 0 Å². The number of epoxide rings is 2. The van der Waals surface area contributed by atoms with Crippen LogP contribution < -0.4 is 0 Å². The van der Waals surface area contributed by atoms with Crippen LogP contribution in [0.25, 0.3) is 0 Å². The zero-order chi connectivity index (χ0) is 18.2. The fourth-order valence-corrected chi connectivity index (χ4v) is 7.34. The van der Waals surface area contributed by atoms with Gasteiger partial charge in [0.15, 0.2) is 0 Å². The predicted octanol–water partition coefficient (Wildman–Crippen LogP) is 0.943. The number of hydrogen-bond donors (Lipinski definition) is 2. The normalized spacial score (nSPS) is 59.1.